The van der Waals surface area contributed by atoms with E-state index in [4.69, 9.17) is 0 Å². The predicted molar refractivity (Wildman–Crippen MR) is 85.4 cm³/mol. The zero-order valence-electron chi connectivity index (χ0n) is 12.4. The van der Waals surface area contributed by atoms with Crippen LogP contribution in [0.15, 0.2) is 16.6 Å². The molecule has 112 valence electrons. The number of benzene rings is 1. The Kier molecular flexibility index (Phi) is 3.01. The lowest BCUT2D eigenvalue weighted by molar-refractivity contribution is -0.129. The van der Waals surface area contributed by atoms with Crippen LogP contribution in [0.5, 0.6) is 5.75 Å². The third-order valence-corrected chi connectivity index (χ3v) is 7.14. The van der Waals surface area contributed by atoms with Crippen molar-refractivity contribution in [3.8, 4) is 5.75 Å². The summed E-state index contributed by atoms with van der Waals surface area (Å²) in [6.45, 7) is 2.21. The quantitative estimate of drug-likeness (QED) is 0.744. The average molecular weight is 349 g/mol. The molecule has 3 aliphatic carbocycles. The summed E-state index contributed by atoms with van der Waals surface area (Å²) in [6.07, 6.45) is 6.25. The zero-order valence-corrected chi connectivity index (χ0v) is 13.9. The van der Waals surface area contributed by atoms with E-state index in [1.54, 1.807) is 0 Å². The Hall–Kier alpha value is -0.830. The van der Waals surface area contributed by atoms with Gasteiger partial charge in [0.05, 0.1) is 4.47 Å². The molecule has 2 saturated carbocycles. The van der Waals surface area contributed by atoms with Gasteiger partial charge in [0.15, 0.2) is 0 Å². The standard InChI is InChI=1S/C18H21BrO2/c1-18-7-6-11-12(14(18)4-5-17(18)21)3-2-10-8-16(20)15(19)9-13(10)11/h8-9,11-12,14,20H,2-7H2,1H3/t11-,12+,14-,18-/m0/s1. The molecule has 21 heavy (non-hydrogen) atoms. The Bertz CT molecular complexity index is 624. The number of aromatic hydroxyl groups is 1. The molecule has 1 aromatic carbocycles. The molecular weight excluding hydrogens is 328 g/mol. The van der Waals surface area contributed by atoms with Gasteiger partial charge in [-0.3, -0.25) is 4.79 Å². The maximum Gasteiger partial charge on any atom is 0.139 e. The van der Waals surface area contributed by atoms with Crippen LogP contribution < -0.4 is 0 Å². The number of hydrogen-bond donors (Lipinski definition) is 1. The molecule has 0 saturated heterocycles. The first-order valence-corrected chi connectivity index (χ1v) is 8.84. The minimum Gasteiger partial charge on any atom is -0.507 e. The summed E-state index contributed by atoms with van der Waals surface area (Å²) in [5, 5.41) is 9.91. The first-order chi connectivity index (χ1) is 10.0. The minimum absolute atomic E-state index is 0.0488. The van der Waals surface area contributed by atoms with E-state index in [0.29, 0.717) is 29.3 Å². The Balaban J connectivity index is 1.75. The van der Waals surface area contributed by atoms with Crippen LogP contribution >= 0.6 is 15.9 Å². The van der Waals surface area contributed by atoms with Crippen molar-refractivity contribution in [1.82, 2.24) is 0 Å². The van der Waals surface area contributed by atoms with Crippen molar-refractivity contribution >= 4 is 21.7 Å². The van der Waals surface area contributed by atoms with E-state index in [1.807, 2.05) is 6.07 Å². The first kappa shape index (κ1) is 13.8. The average Bonchev–Trinajstić information content (AvgIpc) is 2.76. The van der Waals surface area contributed by atoms with Gasteiger partial charge in [-0.2, -0.15) is 0 Å². The van der Waals surface area contributed by atoms with Crippen LogP contribution in [0.3, 0.4) is 0 Å². The number of rotatable bonds is 0. The predicted octanol–water partition coefficient (Wildman–Crippen LogP) is 4.58. The number of phenolic OH excluding ortho intramolecular Hbond substituents is 1. The third kappa shape index (κ3) is 1.86. The van der Waals surface area contributed by atoms with Crippen LogP contribution in [-0.2, 0) is 11.2 Å². The molecule has 2 fully saturated rings. The number of fused-ring (bicyclic) bond motifs is 5. The fraction of sp³-hybridized carbons (Fsp3) is 0.611. The molecule has 0 heterocycles. The molecule has 1 N–H and O–H groups in total. The van der Waals surface area contributed by atoms with Crippen molar-refractivity contribution in [1.29, 1.82) is 0 Å². The van der Waals surface area contributed by atoms with Crippen molar-refractivity contribution in [2.24, 2.45) is 17.3 Å². The summed E-state index contributed by atoms with van der Waals surface area (Å²) in [5.41, 5.74) is 2.68. The van der Waals surface area contributed by atoms with Gasteiger partial charge >= 0.3 is 0 Å². The topological polar surface area (TPSA) is 37.3 Å². The second-order valence-corrected chi connectivity index (χ2v) is 8.19. The van der Waals surface area contributed by atoms with Crippen LogP contribution in [0.2, 0.25) is 0 Å². The van der Waals surface area contributed by atoms with E-state index in [9.17, 15) is 9.90 Å². The lowest BCUT2D eigenvalue weighted by Gasteiger charge is -2.48. The fourth-order valence-electron chi connectivity index (χ4n) is 5.35. The van der Waals surface area contributed by atoms with Crippen LogP contribution in [0.1, 0.15) is 56.1 Å². The highest BCUT2D eigenvalue weighted by Gasteiger charge is 2.54. The third-order valence-electron chi connectivity index (χ3n) is 6.50. The summed E-state index contributed by atoms with van der Waals surface area (Å²) in [6, 6.07) is 4.06. The number of ketones is 1. The number of carbonyl (C=O) groups excluding carboxylic acids is 1. The van der Waals surface area contributed by atoms with Gasteiger partial charge in [0, 0.05) is 11.8 Å². The van der Waals surface area contributed by atoms with E-state index in [0.717, 1.165) is 36.6 Å². The molecular formula is C18H21BrO2. The van der Waals surface area contributed by atoms with Gasteiger partial charge in [-0.25, -0.2) is 0 Å². The maximum absolute atomic E-state index is 12.3. The highest BCUT2D eigenvalue weighted by atomic mass is 79.9. The molecule has 0 bridgehead atoms. The fourth-order valence-corrected chi connectivity index (χ4v) is 5.71. The maximum atomic E-state index is 12.3. The van der Waals surface area contributed by atoms with Crippen LogP contribution in [0.4, 0.5) is 0 Å². The molecule has 0 aromatic heterocycles. The van der Waals surface area contributed by atoms with Crippen LogP contribution in [0.25, 0.3) is 0 Å². The second-order valence-electron chi connectivity index (χ2n) is 7.34. The zero-order chi connectivity index (χ0) is 14.8. The van der Waals surface area contributed by atoms with Crippen molar-refractivity contribution < 1.29 is 9.90 Å². The molecule has 1 aromatic rings. The Morgan fingerprint density at radius 2 is 2.05 bits per heavy atom. The molecule has 0 aliphatic heterocycles. The molecule has 4 atom stereocenters. The Labute approximate surface area is 134 Å². The molecule has 3 heteroatoms. The van der Waals surface area contributed by atoms with Crippen molar-refractivity contribution in [3.63, 3.8) is 0 Å². The number of carbonyl (C=O) groups is 1. The molecule has 4 rings (SSSR count). The number of Topliss-reactive ketones (excluding diaryl/α,β-unsaturated/α-hetero) is 1. The normalized spacial score (nSPS) is 37.8. The van der Waals surface area contributed by atoms with Gasteiger partial charge in [-0.15, -0.1) is 0 Å². The van der Waals surface area contributed by atoms with E-state index >= 15 is 0 Å². The summed E-state index contributed by atoms with van der Waals surface area (Å²) >= 11 is 3.46. The monoisotopic (exact) mass is 348 g/mol. The Morgan fingerprint density at radius 3 is 2.86 bits per heavy atom. The lowest BCUT2D eigenvalue weighted by atomic mass is 9.55. The van der Waals surface area contributed by atoms with E-state index < -0.39 is 0 Å². The lowest BCUT2D eigenvalue weighted by Crippen LogP contribution is -2.42. The number of hydrogen-bond acceptors (Lipinski definition) is 2. The molecule has 0 amide bonds. The number of phenols is 1. The van der Waals surface area contributed by atoms with Crippen LogP contribution in [-0.4, -0.2) is 10.9 Å². The minimum atomic E-state index is -0.0488. The SMILES string of the molecule is C[C@]12CC[C@@H]3c4cc(Br)c(O)cc4CC[C@H]3[C@@H]1CCC2=O. The van der Waals surface area contributed by atoms with Crippen molar-refractivity contribution in [2.45, 2.75) is 51.4 Å². The summed E-state index contributed by atoms with van der Waals surface area (Å²) < 4.78 is 0.803. The van der Waals surface area contributed by atoms with E-state index in [2.05, 4.69) is 28.9 Å². The van der Waals surface area contributed by atoms with Crippen molar-refractivity contribution in [2.75, 3.05) is 0 Å². The van der Waals surface area contributed by atoms with E-state index in [1.165, 1.54) is 17.5 Å². The second kappa shape index (κ2) is 4.58. The molecule has 2 nitrogen and oxygen atoms in total. The first-order valence-electron chi connectivity index (χ1n) is 8.05. The largest absolute Gasteiger partial charge is 0.507 e. The van der Waals surface area contributed by atoms with Gasteiger partial charge in [-0.05, 0) is 89.0 Å². The summed E-state index contributed by atoms with van der Waals surface area (Å²) in [7, 11) is 0. The highest BCUT2D eigenvalue weighted by Crippen LogP contribution is 2.59. The highest BCUT2D eigenvalue weighted by molar-refractivity contribution is 9.10. The van der Waals surface area contributed by atoms with Gasteiger partial charge in [-0.1, -0.05) is 6.92 Å². The molecule has 0 unspecified atom stereocenters. The van der Waals surface area contributed by atoms with Gasteiger partial charge in [0.1, 0.15) is 11.5 Å². The van der Waals surface area contributed by atoms with Crippen molar-refractivity contribution in [3.05, 3.63) is 27.7 Å². The summed E-state index contributed by atoms with van der Waals surface area (Å²) in [4.78, 5) is 12.3. The van der Waals surface area contributed by atoms with E-state index in [-0.39, 0.29) is 5.41 Å². The van der Waals surface area contributed by atoms with Gasteiger partial charge in [0.2, 0.25) is 0 Å². The Morgan fingerprint density at radius 1 is 1.24 bits per heavy atom. The molecule has 3 aliphatic rings. The number of aryl methyl sites for hydroxylation is 1. The van der Waals surface area contributed by atoms with Gasteiger partial charge in [0.25, 0.3) is 0 Å². The molecule has 0 radical (unpaired) electrons. The van der Waals surface area contributed by atoms with Gasteiger partial charge < -0.3 is 5.11 Å². The van der Waals surface area contributed by atoms with Crippen LogP contribution in [0, 0.1) is 17.3 Å². The number of halogens is 1. The summed E-state index contributed by atoms with van der Waals surface area (Å²) in [5.74, 6) is 2.66. The molecule has 0 spiro atoms. The smallest absolute Gasteiger partial charge is 0.139 e.